The third-order valence-corrected chi connectivity index (χ3v) is 3.39. The molecular formula is C11H18N2O5. The topological polar surface area (TPSA) is 99.1 Å². The Bertz CT molecular complexity index is 329. The molecule has 2 heterocycles. The van der Waals surface area contributed by atoms with E-state index in [4.69, 9.17) is 9.84 Å². The number of nitrogens with zero attached hydrogens (tertiary/aromatic N) is 1. The zero-order valence-electron chi connectivity index (χ0n) is 10.0. The smallest absolute Gasteiger partial charge is 0.326 e. The Labute approximate surface area is 105 Å². The van der Waals surface area contributed by atoms with E-state index in [0.717, 1.165) is 6.42 Å². The van der Waals surface area contributed by atoms with Crippen LogP contribution in [0.1, 0.15) is 12.8 Å². The molecule has 0 aliphatic carbocycles. The number of hydrogen-bond donors (Lipinski definition) is 3. The highest BCUT2D eigenvalue weighted by molar-refractivity contribution is 5.83. The average molecular weight is 258 g/mol. The van der Waals surface area contributed by atoms with Gasteiger partial charge in [-0.3, -0.25) is 0 Å². The average Bonchev–Trinajstić information content (AvgIpc) is 2.94. The number of likely N-dealkylation sites (tertiary alicyclic amines) is 1. The van der Waals surface area contributed by atoms with Crippen LogP contribution in [0.4, 0.5) is 4.79 Å². The Morgan fingerprint density at radius 2 is 2.22 bits per heavy atom. The van der Waals surface area contributed by atoms with Crippen molar-refractivity contribution in [3.8, 4) is 0 Å². The van der Waals surface area contributed by atoms with Gasteiger partial charge in [0.1, 0.15) is 6.04 Å². The fourth-order valence-electron chi connectivity index (χ4n) is 2.35. The van der Waals surface area contributed by atoms with Crippen LogP contribution in [0.15, 0.2) is 0 Å². The number of urea groups is 1. The van der Waals surface area contributed by atoms with Crippen molar-refractivity contribution in [2.75, 3.05) is 26.3 Å². The van der Waals surface area contributed by atoms with Crippen molar-refractivity contribution in [2.24, 2.45) is 5.92 Å². The summed E-state index contributed by atoms with van der Waals surface area (Å²) in [6.45, 7) is 1.90. The van der Waals surface area contributed by atoms with E-state index in [1.54, 1.807) is 0 Å². The summed E-state index contributed by atoms with van der Waals surface area (Å²) in [7, 11) is 0. The van der Waals surface area contributed by atoms with E-state index in [9.17, 15) is 14.7 Å². The number of ether oxygens (including phenoxy) is 1. The molecule has 2 fully saturated rings. The Hall–Kier alpha value is -1.34. The lowest BCUT2D eigenvalue weighted by atomic mass is 10.1. The first-order chi connectivity index (χ1) is 8.58. The van der Waals surface area contributed by atoms with Gasteiger partial charge < -0.3 is 25.2 Å². The fourth-order valence-corrected chi connectivity index (χ4v) is 2.35. The summed E-state index contributed by atoms with van der Waals surface area (Å²) in [5.41, 5.74) is 0. The van der Waals surface area contributed by atoms with Crippen molar-refractivity contribution >= 4 is 12.0 Å². The second kappa shape index (κ2) is 5.53. The molecule has 2 aliphatic heterocycles. The van der Waals surface area contributed by atoms with Crippen LogP contribution in [0.2, 0.25) is 0 Å². The maximum Gasteiger partial charge on any atom is 0.326 e. The highest BCUT2D eigenvalue weighted by Gasteiger charge is 2.39. The van der Waals surface area contributed by atoms with Crippen LogP contribution in [-0.2, 0) is 9.53 Å². The molecule has 2 aliphatic rings. The van der Waals surface area contributed by atoms with E-state index >= 15 is 0 Å². The van der Waals surface area contributed by atoms with Crippen LogP contribution in [-0.4, -0.2) is 65.6 Å². The minimum Gasteiger partial charge on any atom is -0.480 e. The van der Waals surface area contributed by atoms with Gasteiger partial charge in [-0.1, -0.05) is 0 Å². The molecule has 0 bridgehead atoms. The third kappa shape index (κ3) is 2.91. The van der Waals surface area contributed by atoms with Gasteiger partial charge in [-0.15, -0.1) is 0 Å². The van der Waals surface area contributed by atoms with E-state index in [2.05, 4.69) is 5.32 Å². The number of aliphatic carboxylic acids is 1. The lowest BCUT2D eigenvalue weighted by Gasteiger charge is -2.22. The summed E-state index contributed by atoms with van der Waals surface area (Å²) in [6.07, 6.45) is 0.243. The van der Waals surface area contributed by atoms with Crippen LogP contribution in [0.25, 0.3) is 0 Å². The van der Waals surface area contributed by atoms with Crippen molar-refractivity contribution in [3.05, 3.63) is 0 Å². The quantitative estimate of drug-likeness (QED) is 0.618. The molecule has 18 heavy (non-hydrogen) atoms. The Morgan fingerprint density at radius 1 is 1.44 bits per heavy atom. The number of hydrogen-bond acceptors (Lipinski definition) is 4. The van der Waals surface area contributed by atoms with E-state index in [0.29, 0.717) is 25.7 Å². The van der Waals surface area contributed by atoms with E-state index in [1.807, 2.05) is 0 Å². The van der Waals surface area contributed by atoms with Gasteiger partial charge in [0.05, 0.1) is 12.7 Å². The number of carbonyl (C=O) groups excluding carboxylic acids is 1. The van der Waals surface area contributed by atoms with Crippen LogP contribution in [0.5, 0.6) is 0 Å². The second-order valence-electron chi connectivity index (χ2n) is 4.81. The highest BCUT2D eigenvalue weighted by atomic mass is 16.5. The van der Waals surface area contributed by atoms with Crippen LogP contribution < -0.4 is 5.32 Å². The predicted octanol–water partition coefficient (Wildman–Crippen LogP) is -0.748. The largest absolute Gasteiger partial charge is 0.480 e. The summed E-state index contributed by atoms with van der Waals surface area (Å²) >= 11 is 0. The van der Waals surface area contributed by atoms with Gasteiger partial charge in [-0.05, 0) is 6.42 Å². The normalized spacial score (nSPS) is 31.6. The molecule has 1 unspecified atom stereocenters. The van der Waals surface area contributed by atoms with Gasteiger partial charge in [0.15, 0.2) is 0 Å². The number of aliphatic hydroxyl groups is 1. The molecule has 0 saturated carbocycles. The molecule has 7 nitrogen and oxygen atoms in total. The van der Waals surface area contributed by atoms with Gasteiger partial charge in [-0.2, -0.15) is 0 Å². The van der Waals surface area contributed by atoms with Crippen molar-refractivity contribution in [1.29, 1.82) is 0 Å². The van der Waals surface area contributed by atoms with Crippen LogP contribution >= 0.6 is 0 Å². The number of β-amino-alcohol motifs (C(OH)–C–C–N with tert-alkyl or cyclic N) is 1. The molecule has 0 spiro atoms. The molecule has 2 saturated heterocycles. The molecule has 0 aromatic rings. The lowest BCUT2D eigenvalue weighted by molar-refractivity contribution is -0.141. The lowest BCUT2D eigenvalue weighted by Crippen LogP contribution is -2.47. The molecule has 0 aromatic carbocycles. The number of carboxylic acids is 1. The number of carbonyl (C=O) groups is 2. The molecule has 7 heteroatoms. The maximum atomic E-state index is 11.9. The maximum absolute atomic E-state index is 11.9. The zero-order valence-corrected chi connectivity index (χ0v) is 10.0. The first-order valence-corrected chi connectivity index (χ1v) is 6.11. The van der Waals surface area contributed by atoms with Gasteiger partial charge in [0, 0.05) is 32.0 Å². The van der Waals surface area contributed by atoms with Crippen molar-refractivity contribution in [2.45, 2.75) is 25.0 Å². The van der Waals surface area contributed by atoms with Crippen molar-refractivity contribution in [3.63, 3.8) is 0 Å². The van der Waals surface area contributed by atoms with Gasteiger partial charge >= 0.3 is 12.0 Å². The number of nitrogens with one attached hydrogen (secondary N) is 1. The van der Waals surface area contributed by atoms with Gasteiger partial charge in [-0.25, -0.2) is 9.59 Å². The molecule has 3 N–H and O–H groups in total. The standard InChI is InChI=1S/C11H18N2O5/c14-8-3-9(10(15)16)13(5-8)11(17)12-4-7-1-2-18-6-7/h7-9,14H,1-6H2,(H,12,17)(H,15,16)/t7?,8-,9-/m0/s1. The molecule has 3 atom stereocenters. The minimum absolute atomic E-state index is 0.0734. The predicted molar refractivity (Wildman–Crippen MR) is 61.1 cm³/mol. The first-order valence-electron chi connectivity index (χ1n) is 6.11. The number of carboxylic acid groups (broad SMARTS) is 1. The van der Waals surface area contributed by atoms with E-state index in [-0.39, 0.29) is 13.0 Å². The molecule has 2 rings (SSSR count). The van der Waals surface area contributed by atoms with Crippen LogP contribution in [0, 0.1) is 5.92 Å². The number of aliphatic hydroxyl groups excluding tert-OH is 1. The van der Waals surface area contributed by atoms with Crippen molar-refractivity contribution in [1.82, 2.24) is 10.2 Å². The minimum atomic E-state index is -1.08. The van der Waals surface area contributed by atoms with Crippen molar-refractivity contribution < 1.29 is 24.5 Å². The molecule has 0 aromatic heterocycles. The summed E-state index contributed by atoms with van der Waals surface area (Å²) in [5.74, 6) is -0.782. The Morgan fingerprint density at radius 3 is 2.83 bits per heavy atom. The van der Waals surface area contributed by atoms with E-state index < -0.39 is 24.1 Å². The highest BCUT2D eigenvalue weighted by Crippen LogP contribution is 2.18. The zero-order chi connectivity index (χ0) is 13.1. The summed E-state index contributed by atoms with van der Waals surface area (Å²) in [5, 5.41) is 21.1. The summed E-state index contributed by atoms with van der Waals surface area (Å²) < 4.78 is 5.19. The van der Waals surface area contributed by atoms with Gasteiger partial charge in [0.25, 0.3) is 0 Å². The summed E-state index contributed by atoms with van der Waals surface area (Å²) in [6, 6.07) is -1.36. The SMILES string of the molecule is O=C(O)[C@@H]1C[C@H](O)CN1C(=O)NCC1CCOC1. The number of rotatable bonds is 3. The monoisotopic (exact) mass is 258 g/mol. The number of amides is 2. The summed E-state index contributed by atoms with van der Waals surface area (Å²) in [4.78, 5) is 24.0. The molecule has 0 radical (unpaired) electrons. The molecule has 102 valence electrons. The second-order valence-corrected chi connectivity index (χ2v) is 4.81. The third-order valence-electron chi connectivity index (χ3n) is 3.39. The molecule has 2 amide bonds. The van der Waals surface area contributed by atoms with Crippen LogP contribution in [0.3, 0.4) is 0 Å². The molecular weight excluding hydrogens is 240 g/mol. The Kier molecular flexibility index (Phi) is 4.03. The fraction of sp³-hybridized carbons (Fsp3) is 0.818. The Balaban J connectivity index is 1.85. The van der Waals surface area contributed by atoms with Gasteiger partial charge in [0.2, 0.25) is 0 Å². The first kappa shape index (κ1) is 13.1. The van der Waals surface area contributed by atoms with E-state index in [1.165, 1.54) is 4.90 Å².